The summed E-state index contributed by atoms with van der Waals surface area (Å²) >= 11 is 0. The molecular formula is C28H40N6O6. The SMILES string of the molecule is Cc1ncc(C(=O)Nc2ccc(N3CCN(C(=O)CCC4CCCN4C(=O)OC(C)(C)C)CC3)cc2)[nH]1.O=CO. The van der Waals surface area contributed by atoms with E-state index in [9.17, 15) is 14.4 Å². The van der Waals surface area contributed by atoms with E-state index in [-0.39, 0.29) is 30.4 Å². The Hall–Kier alpha value is -4.09. The van der Waals surface area contributed by atoms with E-state index in [0.717, 1.165) is 31.6 Å². The van der Waals surface area contributed by atoms with Crippen LogP contribution in [0, 0.1) is 6.92 Å². The molecule has 3 amide bonds. The van der Waals surface area contributed by atoms with Crippen LogP contribution < -0.4 is 10.2 Å². The number of amides is 3. The number of rotatable bonds is 6. The number of aryl methyl sites for hydroxylation is 1. The molecule has 4 rings (SSSR count). The quantitative estimate of drug-likeness (QED) is 0.458. The molecule has 0 aliphatic carbocycles. The van der Waals surface area contributed by atoms with E-state index >= 15 is 0 Å². The van der Waals surface area contributed by atoms with Crippen LogP contribution in [0.2, 0.25) is 0 Å². The molecule has 2 saturated heterocycles. The van der Waals surface area contributed by atoms with Crippen LogP contribution in [0.3, 0.4) is 0 Å². The van der Waals surface area contributed by atoms with Crippen molar-refractivity contribution >= 4 is 35.8 Å². The maximum Gasteiger partial charge on any atom is 0.410 e. The number of aromatic nitrogens is 2. The van der Waals surface area contributed by atoms with E-state index in [2.05, 4.69) is 20.2 Å². The number of aromatic amines is 1. The molecule has 2 aliphatic heterocycles. The first-order valence-electron chi connectivity index (χ1n) is 13.5. The summed E-state index contributed by atoms with van der Waals surface area (Å²) in [6.07, 6.45) is 4.21. The molecule has 1 unspecified atom stereocenters. The molecule has 1 aromatic heterocycles. The summed E-state index contributed by atoms with van der Waals surface area (Å²) in [5, 5.41) is 9.76. The zero-order chi connectivity index (χ0) is 29.3. The number of imidazole rings is 1. The Morgan fingerprint density at radius 1 is 1.12 bits per heavy atom. The number of hydrogen-bond donors (Lipinski definition) is 3. The highest BCUT2D eigenvalue weighted by Crippen LogP contribution is 2.25. The molecule has 2 aliphatic rings. The molecule has 3 N–H and O–H groups in total. The molecule has 0 bridgehead atoms. The van der Waals surface area contributed by atoms with E-state index in [0.29, 0.717) is 49.7 Å². The molecule has 3 heterocycles. The van der Waals surface area contributed by atoms with Gasteiger partial charge in [-0.25, -0.2) is 9.78 Å². The first-order chi connectivity index (χ1) is 19.0. The lowest BCUT2D eigenvalue weighted by Crippen LogP contribution is -2.49. The summed E-state index contributed by atoms with van der Waals surface area (Å²) in [4.78, 5) is 59.0. The number of nitrogens with zero attached hydrogens (tertiary/aromatic N) is 4. The number of hydrogen-bond acceptors (Lipinski definition) is 7. The second-order valence-corrected chi connectivity index (χ2v) is 10.9. The second-order valence-electron chi connectivity index (χ2n) is 10.9. The van der Waals surface area contributed by atoms with Gasteiger partial charge in [0.15, 0.2) is 0 Å². The van der Waals surface area contributed by atoms with Crippen LogP contribution in [-0.2, 0) is 14.3 Å². The van der Waals surface area contributed by atoms with Gasteiger partial charge < -0.3 is 34.8 Å². The lowest BCUT2D eigenvalue weighted by Gasteiger charge is -2.36. The van der Waals surface area contributed by atoms with E-state index in [4.69, 9.17) is 14.6 Å². The molecule has 1 atom stereocenters. The average Bonchev–Trinajstić information content (AvgIpc) is 3.56. The van der Waals surface area contributed by atoms with Crippen LogP contribution in [0.4, 0.5) is 16.2 Å². The Morgan fingerprint density at radius 2 is 1.77 bits per heavy atom. The number of piperazine rings is 1. The summed E-state index contributed by atoms with van der Waals surface area (Å²) < 4.78 is 5.54. The van der Waals surface area contributed by atoms with Crippen LogP contribution in [0.15, 0.2) is 30.5 Å². The van der Waals surface area contributed by atoms with Gasteiger partial charge in [0.2, 0.25) is 5.91 Å². The summed E-state index contributed by atoms with van der Waals surface area (Å²) in [6, 6.07) is 7.79. The lowest BCUT2D eigenvalue weighted by atomic mass is 10.1. The first kappa shape index (κ1) is 30.5. The molecule has 2 fully saturated rings. The highest BCUT2D eigenvalue weighted by atomic mass is 16.6. The minimum atomic E-state index is -0.520. The van der Waals surface area contributed by atoms with Crippen molar-refractivity contribution in [2.45, 2.75) is 65.0 Å². The molecule has 2 aromatic rings. The molecule has 1 aromatic carbocycles. The Bertz CT molecular complexity index is 1150. The van der Waals surface area contributed by atoms with Gasteiger partial charge in [0.1, 0.15) is 17.1 Å². The maximum absolute atomic E-state index is 12.9. The van der Waals surface area contributed by atoms with Crippen molar-refractivity contribution in [3.05, 3.63) is 42.0 Å². The van der Waals surface area contributed by atoms with E-state index < -0.39 is 5.60 Å². The largest absolute Gasteiger partial charge is 0.483 e. The average molecular weight is 557 g/mol. The zero-order valence-electron chi connectivity index (χ0n) is 23.7. The number of ether oxygens (including phenoxy) is 1. The number of likely N-dealkylation sites (tertiary alicyclic amines) is 1. The third-order valence-electron chi connectivity index (χ3n) is 6.77. The molecule has 0 saturated carbocycles. The van der Waals surface area contributed by atoms with Crippen molar-refractivity contribution in [1.29, 1.82) is 0 Å². The van der Waals surface area contributed by atoms with Crippen molar-refractivity contribution in [3.8, 4) is 0 Å². The fraction of sp³-hybridized carbons (Fsp3) is 0.536. The van der Waals surface area contributed by atoms with Crippen molar-refractivity contribution in [2.75, 3.05) is 42.9 Å². The number of anilines is 2. The number of nitrogens with one attached hydrogen (secondary N) is 2. The summed E-state index contributed by atoms with van der Waals surface area (Å²) in [5.41, 5.74) is 1.67. The van der Waals surface area contributed by atoms with Crippen molar-refractivity contribution in [1.82, 2.24) is 19.8 Å². The first-order valence-corrected chi connectivity index (χ1v) is 13.5. The second kappa shape index (κ2) is 13.8. The van der Waals surface area contributed by atoms with Crippen LogP contribution in [0.1, 0.15) is 62.8 Å². The number of carbonyl (C=O) groups excluding carboxylic acids is 3. The Labute approximate surface area is 234 Å². The number of carbonyl (C=O) groups is 4. The monoisotopic (exact) mass is 556 g/mol. The Balaban J connectivity index is 0.00000141. The third-order valence-corrected chi connectivity index (χ3v) is 6.77. The summed E-state index contributed by atoms with van der Waals surface area (Å²) in [7, 11) is 0. The van der Waals surface area contributed by atoms with Crippen LogP contribution in [-0.4, -0.2) is 93.6 Å². The molecule has 218 valence electrons. The Morgan fingerprint density at radius 3 is 2.35 bits per heavy atom. The molecule has 40 heavy (non-hydrogen) atoms. The van der Waals surface area contributed by atoms with Gasteiger partial charge in [0, 0.05) is 56.6 Å². The van der Waals surface area contributed by atoms with Gasteiger partial charge in [-0.1, -0.05) is 0 Å². The van der Waals surface area contributed by atoms with E-state index in [1.54, 1.807) is 11.8 Å². The Kier molecular flexibility index (Phi) is 10.5. The molecule has 0 radical (unpaired) electrons. The van der Waals surface area contributed by atoms with Crippen LogP contribution in [0.25, 0.3) is 0 Å². The van der Waals surface area contributed by atoms with Crippen LogP contribution >= 0.6 is 0 Å². The van der Waals surface area contributed by atoms with Gasteiger partial charge in [-0.3, -0.25) is 14.4 Å². The van der Waals surface area contributed by atoms with Gasteiger partial charge in [-0.2, -0.15) is 0 Å². The smallest absolute Gasteiger partial charge is 0.410 e. The predicted molar refractivity (Wildman–Crippen MR) is 150 cm³/mol. The zero-order valence-corrected chi connectivity index (χ0v) is 23.7. The van der Waals surface area contributed by atoms with Gasteiger partial charge in [0.05, 0.1) is 6.20 Å². The van der Waals surface area contributed by atoms with Crippen molar-refractivity contribution < 1.29 is 29.0 Å². The van der Waals surface area contributed by atoms with Gasteiger partial charge in [-0.15, -0.1) is 0 Å². The third kappa shape index (κ3) is 8.72. The van der Waals surface area contributed by atoms with Crippen LogP contribution in [0.5, 0.6) is 0 Å². The lowest BCUT2D eigenvalue weighted by molar-refractivity contribution is -0.131. The fourth-order valence-corrected chi connectivity index (χ4v) is 4.85. The fourth-order valence-electron chi connectivity index (χ4n) is 4.85. The van der Waals surface area contributed by atoms with Crippen molar-refractivity contribution in [2.24, 2.45) is 0 Å². The van der Waals surface area contributed by atoms with E-state index in [1.807, 2.05) is 49.9 Å². The molecular weight excluding hydrogens is 516 g/mol. The normalized spacial score (nSPS) is 17.1. The van der Waals surface area contributed by atoms with Crippen molar-refractivity contribution in [3.63, 3.8) is 0 Å². The predicted octanol–water partition coefficient (Wildman–Crippen LogP) is 3.50. The number of H-pyrrole nitrogens is 1. The number of carboxylic acid groups (broad SMARTS) is 1. The van der Waals surface area contributed by atoms with Gasteiger partial charge >= 0.3 is 6.09 Å². The standard InChI is InChI=1S/C27H38N6O4.CH2O2/c1-19-28-18-23(29-19)25(35)30-20-7-9-21(10-8-20)31-14-16-32(17-15-31)24(34)12-11-22-6-5-13-33(22)26(36)37-27(2,3)4;2-1-3/h7-10,18,22H,5-6,11-17H2,1-4H3,(H,28,29)(H,30,35);1H,(H,2,3). The topological polar surface area (TPSA) is 148 Å². The molecule has 12 nitrogen and oxygen atoms in total. The highest BCUT2D eigenvalue weighted by molar-refractivity contribution is 6.02. The van der Waals surface area contributed by atoms with Gasteiger partial charge in [-0.05, 0) is 71.2 Å². The van der Waals surface area contributed by atoms with E-state index in [1.165, 1.54) is 6.20 Å². The summed E-state index contributed by atoms with van der Waals surface area (Å²) in [5.74, 6) is 0.606. The maximum atomic E-state index is 12.9. The molecule has 0 spiro atoms. The number of benzene rings is 1. The minimum Gasteiger partial charge on any atom is -0.483 e. The van der Waals surface area contributed by atoms with Gasteiger partial charge in [0.25, 0.3) is 12.4 Å². The summed E-state index contributed by atoms with van der Waals surface area (Å²) in [6.45, 7) is 10.7. The molecule has 12 heteroatoms. The minimum absolute atomic E-state index is 0.0661. The highest BCUT2D eigenvalue weighted by Gasteiger charge is 2.33.